The zero-order valence-corrected chi connectivity index (χ0v) is 15.9. The molecule has 1 fully saturated rings. The van der Waals surface area contributed by atoms with Crippen molar-refractivity contribution in [3.05, 3.63) is 70.8 Å². The van der Waals surface area contributed by atoms with Crippen molar-refractivity contribution in [1.82, 2.24) is 5.32 Å². The van der Waals surface area contributed by atoms with Crippen molar-refractivity contribution in [2.45, 2.75) is 25.6 Å². The monoisotopic (exact) mass is 387 g/mol. The van der Waals surface area contributed by atoms with E-state index in [9.17, 15) is 10.1 Å². The molecule has 0 saturated carbocycles. The minimum Gasteiger partial charge on any atom is -0.489 e. The number of carbonyl (C=O) groups excluding carboxylic acids is 1. The fraction of sp³-hybridized carbons (Fsp3) is 0.261. The molecular formula is C23H21N3O3. The molecule has 146 valence electrons. The lowest BCUT2D eigenvalue weighted by Gasteiger charge is -2.10. The Balaban J connectivity index is 1.55. The molecule has 0 unspecified atom stereocenters. The average molecular weight is 387 g/mol. The number of nitrogens with zero attached hydrogens (tertiary/aromatic N) is 2. The van der Waals surface area contributed by atoms with Gasteiger partial charge in [0.15, 0.2) is 0 Å². The minimum absolute atomic E-state index is 0.0337. The molecule has 2 aromatic carbocycles. The Morgan fingerprint density at radius 3 is 2.55 bits per heavy atom. The topological polar surface area (TPSA) is 95.1 Å². The van der Waals surface area contributed by atoms with Gasteiger partial charge in [-0.05, 0) is 54.3 Å². The standard InChI is InChI=1S/C23H21N3O3/c24-13-18-3-5-19(6-4-18)16-29-21-9-7-17(8-10-21)12-20(14-25)23(27)26-15-22-2-1-11-28-22/h3-10,12,22H,1-2,11,15-16H2,(H,26,27)/b20-12+/t22-/m0/s1. The van der Waals surface area contributed by atoms with Crippen LogP contribution < -0.4 is 10.1 Å². The van der Waals surface area contributed by atoms with Gasteiger partial charge in [-0.15, -0.1) is 0 Å². The summed E-state index contributed by atoms with van der Waals surface area (Å²) in [7, 11) is 0. The first-order valence-corrected chi connectivity index (χ1v) is 9.41. The lowest BCUT2D eigenvalue weighted by atomic mass is 10.1. The molecule has 1 heterocycles. The SMILES string of the molecule is N#C/C(=C\c1ccc(OCc2ccc(C#N)cc2)cc1)C(=O)NC[C@@H]1CCCO1. The van der Waals surface area contributed by atoms with E-state index in [1.54, 1.807) is 42.5 Å². The van der Waals surface area contributed by atoms with Crippen LogP contribution in [0.1, 0.15) is 29.5 Å². The van der Waals surface area contributed by atoms with Crippen molar-refractivity contribution in [3.63, 3.8) is 0 Å². The number of nitrogens with one attached hydrogen (secondary N) is 1. The zero-order valence-electron chi connectivity index (χ0n) is 15.9. The summed E-state index contributed by atoms with van der Waals surface area (Å²) in [6.07, 6.45) is 3.51. The largest absolute Gasteiger partial charge is 0.489 e. The summed E-state index contributed by atoms with van der Waals surface area (Å²) >= 11 is 0. The Morgan fingerprint density at radius 1 is 1.17 bits per heavy atom. The van der Waals surface area contributed by atoms with E-state index in [-0.39, 0.29) is 11.7 Å². The molecule has 6 heteroatoms. The quantitative estimate of drug-likeness (QED) is 0.581. The van der Waals surface area contributed by atoms with Crippen molar-refractivity contribution in [2.24, 2.45) is 0 Å². The van der Waals surface area contributed by atoms with Crippen LogP contribution in [0.25, 0.3) is 6.08 Å². The highest BCUT2D eigenvalue weighted by Gasteiger charge is 2.17. The van der Waals surface area contributed by atoms with E-state index in [1.807, 2.05) is 18.2 Å². The van der Waals surface area contributed by atoms with Gasteiger partial charge >= 0.3 is 0 Å². The summed E-state index contributed by atoms with van der Waals surface area (Å²) in [5.74, 6) is 0.275. The highest BCUT2D eigenvalue weighted by Crippen LogP contribution is 2.17. The van der Waals surface area contributed by atoms with Crippen molar-refractivity contribution in [3.8, 4) is 17.9 Å². The molecule has 1 amide bonds. The summed E-state index contributed by atoms with van der Waals surface area (Å²) in [4.78, 5) is 12.2. The third kappa shape index (κ3) is 5.93. The molecule has 1 N–H and O–H groups in total. The summed E-state index contributed by atoms with van der Waals surface area (Å²) in [5.41, 5.74) is 2.36. The smallest absolute Gasteiger partial charge is 0.262 e. The Labute approximate surface area is 170 Å². The molecule has 0 aliphatic carbocycles. The highest BCUT2D eigenvalue weighted by molar-refractivity contribution is 6.01. The van der Waals surface area contributed by atoms with E-state index in [4.69, 9.17) is 14.7 Å². The van der Waals surface area contributed by atoms with E-state index in [2.05, 4.69) is 11.4 Å². The molecule has 1 aliphatic heterocycles. The number of benzene rings is 2. The van der Waals surface area contributed by atoms with Crippen molar-refractivity contribution in [2.75, 3.05) is 13.2 Å². The van der Waals surface area contributed by atoms with E-state index in [0.717, 1.165) is 30.6 Å². The third-order valence-electron chi connectivity index (χ3n) is 4.56. The molecule has 1 atom stereocenters. The highest BCUT2D eigenvalue weighted by atomic mass is 16.5. The van der Waals surface area contributed by atoms with Gasteiger partial charge in [0, 0.05) is 13.2 Å². The summed E-state index contributed by atoms with van der Waals surface area (Å²) < 4.78 is 11.2. The van der Waals surface area contributed by atoms with Crippen LogP contribution in [-0.2, 0) is 16.1 Å². The van der Waals surface area contributed by atoms with Gasteiger partial charge in [0.1, 0.15) is 24.0 Å². The lowest BCUT2D eigenvalue weighted by molar-refractivity contribution is -0.117. The molecule has 0 aromatic heterocycles. The van der Waals surface area contributed by atoms with Crippen LogP contribution in [0, 0.1) is 22.7 Å². The van der Waals surface area contributed by atoms with Crippen molar-refractivity contribution in [1.29, 1.82) is 10.5 Å². The first-order valence-electron chi connectivity index (χ1n) is 9.41. The molecule has 29 heavy (non-hydrogen) atoms. The summed E-state index contributed by atoms with van der Waals surface area (Å²) in [5, 5.41) is 20.9. The van der Waals surface area contributed by atoms with Gasteiger partial charge in [-0.2, -0.15) is 10.5 Å². The molecule has 3 rings (SSSR count). The predicted molar refractivity (Wildman–Crippen MR) is 108 cm³/mol. The number of amides is 1. The third-order valence-corrected chi connectivity index (χ3v) is 4.56. The van der Waals surface area contributed by atoms with Crippen LogP contribution in [0.15, 0.2) is 54.1 Å². The van der Waals surface area contributed by atoms with Gasteiger partial charge in [0.2, 0.25) is 0 Å². The number of hydrogen-bond acceptors (Lipinski definition) is 5. The second-order valence-electron chi connectivity index (χ2n) is 6.68. The Kier molecular flexibility index (Phi) is 7.00. The minimum atomic E-state index is -0.399. The van der Waals surface area contributed by atoms with Crippen LogP contribution in [-0.4, -0.2) is 25.2 Å². The molecule has 0 bridgehead atoms. The van der Waals surface area contributed by atoms with E-state index < -0.39 is 5.91 Å². The molecular weight excluding hydrogens is 366 g/mol. The van der Waals surface area contributed by atoms with Crippen LogP contribution in [0.3, 0.4) is 0 Å². The second-order valence-corrected chi connectivity index (χ2v) is 6.68. The maximum atomic E-state index is 12.2. The van der Waals surface area contributed by atoms with Crippen molar-refractivity contribution < 1.29 is 14.3 Å². The molecule has 0 spiro atoms. The molecule has 2 aromatic rings. The lowest BCUT2D eigenvalue weighted by Crippen LogP contribution is -2.32. The van der Waals surface area contributed by atoms with E-state index in [0.29, 0.717) is 24.5 Å². The van der Waals surface area contributed by atoms with Crippen LogP contribution in [0.5, 0.6) is 5.75 Å². The van der Waals surface area contributed by atoms with Gasteiger partial charge < -0.3 is 14.8 Å². The zero-order chi connectivity index (χ0) is 20.5. The van der Waals surface area contributed by atoms with Crippen LogP contribution in [0.4, 0.5) is 0 Å². The van der Waals surface area contributed by atoms with Gasteiger partial charge in [-0.3, -0.25) is 4.79 Å². The summed E-state index contributed by atoms with van der Waals surface area (Å²) in [6.45, 7) is 1.52. The van der Waals surface area contributed by atoms with Gasteiger partial charge in [0.05, 0.1) is 17.7 Å². The predicted octanol–water partition coefficient (Wildman–Crippen LogP) is 3.34. The van der Waals surface area contributed by atoms with E-state index in [1.165, 1.54) is 0 Å². The number of hydrogen-bond donors (Lipinski definition) is 1. The number of nitriles is 2. The molecule has 0 radical (unpaired) electrons. The summed E-state index contributed by atoms with van der Waals surface area (Å²) in [6, 6.07) is 18.4. The number of ether oxygens (including phenoxy) is 2. The number of carbonyl (C=O) groups is 1. The normalized spacial score (nSPS) is 15.9. The molecule has 6 nitrogen and oxygen atoms in total. The van der Waals surface area contributed by atoms with Crippen molar-refractivity contribution >= 4 is 12.0 Å². The Morgan fingerprint density at radius 2 is 1.93 bits per heavy atom. The first kappa shape index (κ1) is 20.1. The van der Waals surface area contributed by atoms with Gasteiger partial charge in [0.25, 0.3) is 5.91 Å². The fourth-order valence-electron chi connectivity index (χ4n) is 2.92. The Hall–Kier alpha value is -3.61. The maximum absolute atomic E-state index is 12.2. The van der Waals surface area contributed by atoms with Crippen LogP contribution >= 0.6 is 0 Å². The maximum Gasteiger partial charge on any atom is 0.262 e. The number of rotatable bonds is 7. The van der Waals surface area contributed by atoms with Crippen LogP contribution in [0.2, 0.25) is 0 Å². The second kappa shape index (κ2) is 10.1. The van der Waals surface area contributed by atoms with Gasteiger partial charge in [-0.1, -0.05) is 24.3 Å². The first-order chi connectivity index (χ1) is 14.2. The molecule has 1 saturated heterocycles. The average Bonchev–Trinajstić information content (AvgIpc) is 3.29. The fourth-order valence-corrected chi connectivity index (χ4v) is 2.92. The molecule has 1 aliphatic rings. The van der Waals surface area contributed by atoms with E-state index >= 15 is 0 Å². The van der Waals surface area contributed by atoms with Gasteiger partial charge in [-0.25, -0.2) is 0 Å². The Bertz CT molecular complexity index is 945.